The molecule has 1 N–H and O–H groups in total. The summed E-state index contributed by atoms with van der Waals surface area (Å²) >= 11 is 0. The summed E-state index contributed by atoms with van der Waals surface area (Å²) in [7, 11) is 3.34. The normalized spacial score (nSPS) is 10.8. The molecule has 0 aliphatic heterocycles. The quantitative estimate of drug-likeness (QED) is 0.668. The summed E-state index contributed by atoms with van der Waals surface area (Å²) in [6, 6.07) is 14.3. The van der Waals surface area contributed by atoms with E-state index in [0.29, 0.717) is 23.6 Å². The predicted molar refractivity (Wildman–Crippen MR) is 114 cm³/mol. The average molecular weight is 391 g/mol. The van der Waals surface area contributed by atoms with Crippen LogP contribution in [0.2, 0.25) is 0 Å². The van der Waals surface area contributed by atoms with Crippen molar-refractivity contribution in [3.05, 3.63) is 54.7 Å². The molecule has 1 heterocycles. The Morgan fingerprint density at radius 3 is 2.28 bits per heavy atom. The van der Waals surface area contributed by atoms with E-state index < -0.39 is 0 Å². The molecular weight excluding hydrogens is 366 g/mol. The number of phenols is 1. The topological polar surface area (TPSA) is 75.5 Å². The molecule has 0 aliphatic rings. The van der Waals surface area contributed by atoms with Gasteiger partial charge in [-0.05, 0) is 54.4 Å². The van der Waals surface area contributed by atoms with Gasteiger partial charge in [-0.15, -0.1) is 0 Å². The Hall–Kier alpha value is -3.41. The standard InChI is InChI=1S/C23H25N3O3/c1-15(2)13-21(28)26(3)23-22(17-5-9-18(27)10-6-17)25-20(14-24-23)16-7-11-19(29-4)12-8-16/h5-12,14-15,27H,13H2,1-4H3. The Bertz CT molecular complexity index is 983. The molecule has 3 rings (SSSR count). The summed E-state index contributed by atoms with van der Waals surface area (Å²) in [5.41, 5.74) is 2.92. The maximum absolute atomic E-state index is 12.6. The lowest BCUT2D eigenvalue weighted by Gasteiger charge is -2.20. The molecule has 0 spiro atoms. The van der Waals surface area contributed by atoms with Crippen molar-refractivity contribution in [3.63, 3.8) is 0 Å². The van der Waals surface area contributed by atoms with Crippen LogP contribution in [0.4, 0.5) is 5.82 Å². The highest BCUT2D eigenvalue weighted by Gasteiger charge is 2.20. The number of carbonyl (C=O) groups is 1. The van der Waals surface area contributed by atoms with Crippen molar-refractivity contribution in [2.75, 3.05) is 19.1 Å². The first-order chi connectivity index (χ1) is 13.9. The lowest BCUT2D eigenvalue weighted by Crippen LogP contribution is -2.29. The van der Waals surface area contributed by atoms with Crippen molar-refractivity contribution in [3.8, 4) is 34.0 Å². The first kappa shape index (κ1) is 20.3. The van der Waals surface area contributed by atoms with Gasteiger partial charge in [0.1, 0.15) is 17.2 Å². The smallest absolute Gasteiger partial charge is 0.228 e. The molecule has 1 aromatic heterocycles. The van der Waals surface area contributed by atoms with Gasteiger partial charge in [-0.25, -0.2) is 9.97 Å². The van der Waals surface area contributed by atoms with Crippen molar-refractivity contribution < 1.29 is 14.6 Å². The van der Waals surface area contributed by atoms with Gasteiger partial charge < -0.3 is 9.84 Å². The third kappa shape index (κ3) is 4.71. The van der Waals surface area contributed by atoms with Gasteiger partial charge in [0.25, 0.3) is 0 Å². The van der Waals surface area contributed by atoms with E-state index >= 15 is 0 Å². The van der Waals surface area contributed by atoms with Gasteiger partial charge >= 0.3 is 0 Å². The Kier molecular flexibility index (Phi) is 6.12. The van der Waals surface area contributed by atoms with E-state index in [-0.39, 0.29) is 17.6 Å². The number of aromatic nitrogens is 2. The molecule has 0 bridgehead atoms. The second-order valence-electron chi connectivity index (χ2n) is 7.25. The number of phenolic OH excluding ortho intramolecular Hbond substituents is 1. The number of nitrogens with zero attached hydrogens (tertiary/aromatic N) is 3. The van der Waals surface area contributed by atoms with Crippen molar-refractivity contribution in [1.29, 1.82) is 0 Å². The number of ether oxygens (including phenoxy) is 1. The van der Waals surface area contributed by atoms with Crippen molar-refractivity contribution in [1.82, 2.24) is 9.97 Å². The maximum Gasteiger partial charge on any atom is 0.228 e. The summed E-state index contributed by atoms with van der Waals surface area (Å²) in [6.45, 7) is 4.01. The maximum atomic E-state index is 12.6. The first-order valence-electron chi connectivity index (χ1n) is 9.46. The molecule has 29 heavy (non-hydrogen) atoms. The van der Waals surface area contributed by atoms with E-state index in [1.165, 1.54) is 0 Å². The molecule has 0 radical (unpaired) electrons. The zero-order valence-corrected chi connectivity index (χ0v) is 17.1. The lowest BCUT2D eigenvalue weighted by atomic mass is 10.1. The SMILES string of the molecule is COc1ccc(-c2cnc(N(C)C(=O)CC(C)C)c(-c3ccc(O)cc3)n2)cc1. The van der Waals surface area contributed by atoms with E-state index in [1.807, 2.05) is 38.1 Å². The van der Waals surface area contributed by atoms with Crippen LogP contribution in [0.25, 0.3) is 22.5 Å². The fraction of sp³-hybridized carbons (Fsp3) is 0.261. The summed E-state index contributed by atoms with van der Waals surface area (Å²) in [6.07, 6.45) is 2.09. The van der Waals surface area contributed by atoms with Gasteiger partial charge in [-0.3, -0.25) is 9.69 Å². The van der Waals surface area contributed by atoms with Gasteiger partial charge in [0, 0.05) is 24.6 Å². The van der Waals surface area contributed by atoms with Gasteiger partial charge in [0.15, 0.2) is 5.82 Å². The number of methoxy groups -OCH3 is 1. The number of carbonyl (C=O) groups excluding carboxylic acids is 1. The average Bonchev–Trinajstić information content (AvgIpc) is 2.73. The number of benzene rings is 2. The van der Waals surface area contributed by atoms with Crippen LogP contribution in [-0.2, 0) is 4.79 Å². The van der Waals surface area contributed by atoms with Gasteiger partial charge in [-0.1, -0.05) is 13.8 Å². The zero-order valence-electron chi connectivity index (χ0n) is 17.1. The van der Waals surface area contributed by atoms with Gasteiger partial charge in [-0.2, -0.15) is 0 Å². The summed E-state index contributed by atoms with van der Waals surface area (Å²) in [4.78, 5) is 23.5. The second kappa shape index (κ2) is 8.73. The Balaban J connectivity index is 2.07. The Labute approximate surface area is 170 Å². The Morgan fingerprint density at radius 1 is 1.07 bits per heavy atom. The molecule has 2 aromatic carbocycles. The number of rotatable bonds is 6. The van der Waals surface area contributed by atoms with Crippen LogP contribution in [-0.4, -0.2) is 35.1 Å². The van der Waals surface area contributed by atoms with Crippen molar-refractivity contribution >= 4 is 11.7 Å². The molecule has 0 atom stereocenters. The first-order valence-corrected chi connectivity index (χ1v) is 9.46. The zero-order chi connectivity index (χ0) is 21.0. The monoisotopic (exact) mass is 391 g/mol. The molecule has 3 aromatic rings. The fourth-order valence-corrected chi connectivity index (χ4v) is 2.95. The van der Waals surface area contributed by atoms with Crippen LogP contribution in [0.3, 0.4) is 0 Å². The molecule has 0 unspecified atom stereocenters. The second-order valence-corrected chi connectivity index (χ2v) is 7.25. The van der Waals surface area contributed by atoms with Gasteiger partial charge in [0.05, 0.1) is 19.0 Å². The summed E-state index contributed by atoms with van der Waals surface area (Å²) in [5, 5.41) is 9.64. The van der Waals surface area contributed by atoms with E-state index in [9.17, 15) is 9.90 Å². The molecule has 0 aliphatic carbocycles. The van der Waals surface area contributed by atoms with Gasteiger partial charge in [0.2, 0.25) is 5.91 Å². The van der Waals surface area contributed by atoms with Crippen molar-refractivity contribution in [2.45, 2.75) is 20.3 Å². The van der Waals surface area contributed by atoms with E-state index in [2.05, 4.69) is 4.98 Å². The molecule has 0 saturated carbocycles. The van der Waals surface area contributed by atoms with Crippen LogP contribution in [0, 0.1) is 5.92 Å². The molecule has 6 heteroatoms. The van der Waals surface area contributed by atoms with Crippen LogP contribution >= 0.6 is 0 Å². The highest BCUT2D eigenvalue weighted by atomic mass is 16.5. The minimum Gasteiger partial charge on any atom is -0.508 e. The Morgan fingerprint density at radius 2 is 1.69 bits per heavy atom. The predicted octanol–water partition coefficient (Wildman–Crippen LogP) is 4.53. The number of anilines is 1. The highest BCUT2D eigenvalue weighted by molar-refractivity contribution is 5.95. The van der Waals surface area contributed by atoms with E-state index in [1.54, 1.807) is 49.5 Å². The van der Waals surface area contributed by atoms with Crippen molar-refractivity contribution in [2.24, 2.45) is 5.92 Å². The minimum atomic E-state index is -0.0217. The molecule has 0 saturated heterocycles. The number of hydrogen-bond donors (Lipinski definition) is 1. The molecule has 0 fully saturated rings. The largest absolute Gasteiger partial charge is 0.508 e. The lowest BCUT2D eigenvalue weighted by molar-refractivity contribution is -0.119. The number of hydrogen-bond acceptors (Lipinski definition) is 5. The molecule has 1 amide bonds. The molecule has 150 valence electrons. The van der Waals surface area contributed by atoms with Crippen LogP contribution in [0.1, 0.15) is 20.3 Å². The van der Waals surface area contributed by atoms with E-state index in [4.69, 9.17) is 9.72 Å². The summed E-state index contributed by atoms with van der Waals surface area (Å²) < 4.78 is 5.21. The third-order valence-corrected chi connectivity index (χ3v) is 4.55. The molecule has 6 nitrogen and oxygen atoms in total. The molecular formula is C23H25N3O3. The number of amides is 1. The highest BCUT2D eigenvalue weighted by Crippen LogP contribution is 2.31. The fourth-order valence-electron chi connectivity index (χ4n) is 2.95. The van der Waals surface area contributed by atoms with Crippen LogP contribution in [0.5, 0.6) is 11.5 Å². The van der Waals surface area contributed by atoms with E-state index in [0.717, 1.165) is 16.9 Å². The third-order valence-electron chi connectivity index (χ3n) is 4.55. The number of aromatic hydroxyl groups is 1. The van der Waals surface area contributed by atoms with Crippen LogP contribution in [0.15, 0.2) is 54.7 Å². The van der Waals surface area contributed by atoms with Crippen LogP contribution < -0.4 is 9.64 Å². The minimum absolute atomic E-state index is 0.0217. The summed E-state index contributed by atoms with van der Waals surface area (Å²) in [5.74, 6) is 1.63.